The van der Waals surface area contributed by atoms with Gasteiger partial charge in [0.2, 0.25) is 0 Å². The smallest absolute Gasteiger partial charge is 0.254 e. The van der Waals surface area contributed by atoms with E-state index in [1.165, 1.54) is 0 Å². The lowest BCUT2D eigenvalue weighted by molar-refractivity contribution is 0.0785. The van der Waals surface area contributed by atoms with Gasteiger partial charge in [-0.2, -0.15) is 0 Å². The predicted molar refractivity (Wildman–Crippen MR) is 69.6 cm³/mol. The normalized spacial score (nSPS) is 9.62. The standard InChI is InChI=1S/C12H11BrClNO/c1-3-7-15(4-2)12(16)9-5-6-10(13)11(14)8-9/h1,5-6,8H,4,7H2,2H3. The fourth-order valence-corrected chi connectivity index (χ4v) is 1.68. The minimum absolute atomic E-state index is 0.102. The highest BCUT2D eigenvalue weighted by molar-refractivity contribution is 9.10. The maximum atomic E-state index is 12.0. The lowest BCUT2D eigenvalue weighted by atomic mass is 10.2. The second kappa shape index (κ2) is 5.93. The van der Waals surface area contributed by atoms with Gasteiger partial charge in [0.15, 0.2) is 0 Å². The monoisotopic (exact) mass is 299 g/mol. The Labute approximate surface area is 109 Å². The molecule has 1 aromatic carbocycles. The van der Waals surface area contributed by atoms with Crippen LogP contribution in [0.2, 0.25) is 5.02 Å². The summed E-state index contributed by atoms with van der Waals surface area (Å²) in [5.74, 6) is 2.36. The van der Waals surface area contributed by atoms with E-state index in [9.17, 15) is 4.79 Å². The molecule has 1 rings (SSSR count). The van der Waals surface area contributed by atoms with Gasteiger partial charge in [-0.1, -0.05) is 17.5 Å². The summed E-state index contributed by atoms with van der Waals surface area (Å²) in [6.45, 7) is 2.77. The van der Waals surface area contributed by atoms with Crippen LogP contribution in [0.5, 0.6) is 0 Å². The van der Waals surface area contributed by atoms with Crippen LogP contribution in [0, 0.1) is 12.3 Å². The maximum absolute atomic E-state index is 12.0. The lowest BCUT2D eigenvalue weighted by Gasteiger charge is -2.18. The van der Waals surface area contributed by atoms with Crippen LogP contribution in [0.15, 0.2) is 22.7 Å². The van der Waals surface area contributed by atoms with E-state index in [1.54, 1.807) is 23.1 Å². The van der Waals surface area contributed by atoms with Crippen LogP contribution in [0.1, 0.15) is 17.3 Å². The Hall–Kier alpha value is -0.980. The first-order valence-corrected chi connectivity index (χ1v) is 5.95. The molecular weight excluding hydrogens is 289 g/mol. The zero-order chi connectivity index (χ0) is 12.1. The molecule has 4 heteroatoms. The van der Waals surface area contributed by atoms with Crippen LogP contribution in [0.3, 0.4) is 0 Å². The summed E-state index contributed by atoms with van der Waals surface area (Å²) in [6.07, 6.45) is 5.20. The van der Waals surface area contributed by atoms with E-state index in [1.807, 2.05) is 6.92 Å². The van der Waals surface area contributed by atoms with Crippen molar-refractivity contribution in [1.82, 2.24) is 4.90 Å². The molecule has 0 aliphatic rings. The lowest BCUT2D eigenvalue weighted by Crippen LogP contribution is -2.31. The van der Waals surface area contributed by atoms with Crippen LogP contribution in [0.4, 0.5) is 0 Å². The van der Waals surface area contributed by atoms with Crippen molar-refractivity contribution in [2.24, 2.45) is 0 Å². The van der Waals surface area contributed by atoms with Gasteiger partial charge in [-0.15, -0.1) is 6.42 Å². The van der Waals surface area contributed by atoms with E-state index in [4.69, 9.17) is 18.0 Å². The number of benzene rings is 1. The third kappa shape index (κ3) is 3.01. The number of rotatable bonds is 3. The van der Waals surface area contributed by atoms with Crippen LogP contribution in [-0.2, 0) is 0 Å². The Kier molecular flexibility index (Phi) is 4.85. The highest BCUT2D eigenvalue weighted by Crippen LogP contribution is 2.23. The second-order valence-corrected chi connectivity index (χ2v) is 4.41. The fourth-order valence-electron chi connectivity index (χ4n) is 1.25. The molecule has 2 nitrogen and oxygen atoms in total. The average Bonchev–Trinajstić information content (AvgIpc) is 2.28. The SMILES string of the molecule is C#CCN(CC)C(=O)c1ccc(Br)c(Cl)c1. The van der Waals surface area contributed by atoms with E-state index < -0.39 is 0 Å². The zero-order valence-corrected chi connectivity index (χ0v) is 11.2. The van der Waals surface area contributed by atoms with Crippen molar-refractivity contribution >= 4 is 33.4 Å². The van der Waals surface area contributed by atoms with Gasteiger partial charge < -0.3 is 4.90 Å². The summed E-state index contributed by atoms with van der Waals surface area (Å²) in [5.41, 5.74) is 0.547. The van der Waals surface area contributed by atoms with E-state index >= 15 is 0 Å². The number of terminal acetylenes is 1. The molecule has 0 unspecified atom stereocenters. The minimum Gasteiger partial charge on any atom is -0.328 e. The van der Waals surface area contributed by atoms with Crippen LogP contribution in [0.25, 0.3) is 0 Å². The molecule has 0 saturated heterocycles. The van der Waals surface area contributed by atoms with Gasteiger partial charge >= 0.3 is 0 Å². The van der Waals surface area contributed by atoms with Crippen molar-refractivity contribution in [3.05, 3.63) is 33.3 Å². The quantitative estimate of drug-likeness (QED) is 0.785. The summed E-state index contributed by atoms with van der Waals surface area (Å²) in [6, 6.07) is 5.10. The molecule has 0 aliphatic carbocycles. The molecule has 0 fully saturated rings. The Morgan fingerprint density at radius 1 is 1.62 bits per heavy atom. The van der Waals surface area contributed by atoms with Crippen molar-refractivity contribution in [1.29, 1.82) is 0 Å². The fraction of sp³-hybridized carbons (Fsp3) is 0.250. The number of carbonyl (C=O) groups is 1. The van der Waals surface area contributed by atoms with Crippen LogP contribution < -0.4 is 0 Å². The first-order chi connectivity index (χ1) is 7.60. The number of nitrogens with zero attached hydrogens (tertiary/aromatic N) is 1. The Bertz CT molecular complexity index is 439. The number of carbonyl (C=O) groups excluding carboxylic acids is 1. The first kappa shape index (κ1) is 13.1. The van der Waals surface area contributed by atoms with Crippen molar-refractivity contribution in [2.45, 2.75) is 6.92 Å². The summed E-state index contributed by atoms with van der Waals surface area (Å²) in [4.78, 5) is 13.6. The molecule has 16 heavy (non-hydrogen) atoms. The molecule has 0 bridgehead atoms. The number of hydrogen-bond acceptors (Lipinski definition) is 1. The van der Waals surface area contributed by atoms with Crippen molar-refractivity contribution in [3.63, 3.8) is 0 Å². The van der Waals surface area contributed by atoms with Crippen LogP contribution in [-0.4, -0.2) is 23.9 Å². The topological polar surface area (TPSA) is 20.3 Å². The molecule has 1 amide bonds. The summed E-state index contributed by atoms with van der Waals surface area (Å²) >= 11 is 9.20. The predicted octanol–water partition coefficient (Wildman–Crippen LogP) is 3.20. The van der Waals surface area contributed by atoms with E-state index in [0.717, 1.165) is 4.47 Å². The van der Waals surface area contributed by atoms with Gasteiger partial charge in [-0.05, 0) is 41.1 Å². The van der Waals surface area contributed by atoms with Gasteiger partial charge in [-0.3, -0.25) is 4.79 Å². The summed E-state index contributed by atoms with van der Waals surface area (Å²) in [7, 11) is 0. The van der Waals surface area contributed by atoms with Crippen molar-refractivity contribution in [3.8, 4) is 12.3 Å². The molecule has 0 atom stereocenters. The van der Waals surface area contributed by atoms with Gasteiger partial charge in [0, 0.05) is 16.6 Å². The number of halogens is 2. The minimum atomic E-state index is -0.102. The molecule has 0 spiro atoms. The molecule has 0 aliphatic heterocycles. The van der Waals surface area contributed by atoms with Gasteiger partial charge in [0.05, 0.1) is 11.6 Å². The molecule has 0 heterocycles. The molecule has 1 aromatic rings. The number of amides is 1. The Morgan fingerprint density at radius 2 is 2.31 bits per heavy atom. The molecular formula is C12H11BrClNO. The van der Waals surface area contributed by atoms with Crippen molar-refractivity contribution < 1.29 is 4.79 Å². The third-order valence-corrected chi connectivity index (χ3v) is 3.35. The zero-order valence-electron chi connectivity index (χ0n) is 8.84. The van der Waals surface area contributed by atoms with Gasteiger partial charge in [0.1, 0.15) is 0 Å². The van der Waals surface area contributed by atoms with E-state index in [2.05, 4.69) is 21.9 Å². The van der Waals surface area contributed by atoms with E-state index in [-0.39, 0.29) is 5.91 Å². The second-order valence-electron chi connectivity index (χ2n) is 3.15. The largest absolute Gasteiger partial charge is 0.328 e. The molecule has 0 N–H and O–H groups in total. The summed E-state index contributed by atoms with van der Waals surface area (Å²) < 4.78 is 0.769. The third-order valence-electron chi connectivity index (χ3n) is 2.12. The van der Waals surface area contributed by atoms with Crippen molar-refractivity contribution in [2.75, 3.05) is 13.1 Å². The van der Waals surface area contributed by atoms with Gasteiger partial charge in [-0.25, -0.2) is 0 Å². The first-order valence-electron chi connectivity index (χ1n) is 4.78. The Morgan fingerprint density at radius 3 is 2.81 bits per heavy atom. The highest BCUT2D eigenvalue weighted by Gasteiger charge is 2.13. The summed E-state index contributed by atoms with van der Waals surface area (Å²) in [5, 5.41) is 0.516. The average molecular weight is 301 g/mol. The number of hydrogen-bond donors (Lipinski definition) is 0. The van der Waals surface area contributed by atoms with E-state index in [0.29, 0.717) is 23.7 Å². The maximum Gasteiger partial charge on any atom is 0.254 e. The van der Waals surface area contributed by atoms with Gasteiger partial charge in [0.25, 0.3) is 5.91 Å². The Balaban J connectivity index is 2.95. The highest BCUT2D eigenvalue weighted by atomic mass is 79.9. The molecule has 0 radical (unpaired) electrons. The molecule has 84 valence electrons. The molecule has 0 saturated carbocycles. The molecule has 0 aromatic heterocycles. The van der Waals surface area contributed by atoms with Crippen LogP contribution >= 0.6 is 27.5 Å².